The van der Waals surface area contributed by atoms with Crippen LogP contribution in [-0.4, -0.2) is 34.7 Å². The molecule has 0 aliphatic carbocycles. The summed E-state index contributed by atoms with van der Waals surface area (Å²) in [5.41, 5.74) is 1.34. The van der Waals surface area contributed by atoms with Crippen LogP contribution in [0.25, 0.3) is 17.4 Å². The second-order valence-corrected chi connectivity index (χ2v) is 5.90. The third-order valence-corrected chi connectivity index (χ3v) is 4.17. The van der Waals surface area contributed by atoms with Crippen molar-refractivity contribution in [2.24, 2.45) is 0 Å². The normalized spacial score (nSPS) is 16.3. The lowest BCUT2D eigenvalue weighted by Gasteiger charge is -2.24. The van der Waals surface area contributed by atoms with Crippen LogP contribution in [0.15, 0.2) is 46.4 Å². The van der Waals surface area contributed by atoms with Crippen molar-refractivity contribution < 1.29 is 18.8 Å². The van der Waals surface area contributed by atoms with Gasteiger partial charge in [-0.2, -0.15) is 0 Å². The third kappa shape index (κ3) is 3.27. The molecular formula is C18H14N2O4S. The first kappa shape index (κ1) is 16.8. The third-order valence-electron chi connectivity index (χ3n) is 3.79. The monoisotopic (exact) mass is 354 g/mol. The van der Waals surface area contributed by atoms with Gasteiger partial charge in [0.05, 0.1) is 0 Å². The number of benzene rings is 1. The fourth-order valence-electron chi connectivity index (χ4n) is 2.34. The maximum absolute atomic E-state index is 12.2. The minimum absolute atomic E-state index is 0.0136. The Bertz CT molecular complexity index is 925. The van der Waals surface area contributed by atoms with Crippen LogP contribution >= 0.6 is 12.2 Å². The molecule has 7 heteroatoms. The van der Waals surface area contributed by atoms with Crippen molar-refractivity contribution in [3.63, 3.8) is 0 Å². The van der Waals surface area contributed by atoms with Crippen LogP contribution in [0.2, 0.25) is 0 Å². The fourth-order valence-corrected chi connectivity index (χ4v) is 2.52. The average molecular weight is 354 g/mol. The standard InChI is InChI=1S/C18H14N2O4S/c1-10(21)11-3-5-12(6-4-11)15-8-7-13(24-15)9-14-16(22)19-18(25)20(2)17(14)23/h3-9H,1-2H3,(H,19,22,25)/b14-9+. The SMILES string of the molecule is CC(=O)c1ccc(-c2ccc(/C=C3\C(=O)NC(=S)N(C)C3=O)o2)cc1. The number of amides is 2. The van der Waals surface area contributed by atoms with E-state index in [0.29, 0.717) is 17.1 Å². The van der Waals surface area contributed by atoms with Crippen LogP contribution in [-0.2, 0) is 9.59 Å². The molecule has 126 valence electrons. The van der Waals surface area contributed by atoms with E-state index in [0.717, 1.165) is 5.56 Å². The fraction of sp³-hybridized carbons (Fsp3) is 0.111. The van der Waals surface area contributed by atoms with Gasteiger partial charge in [-0.05, 0) is 37.4 Å². The first-order valence-electron chi connectivity index (χ1n) is 7.43. The second-order valence-electron chi connectivity index (χ2n) is 5.52. The molecule has 3 rings (SSSR count). The number of nitrogens with one attached hydrogen (secondary N) is 1. The smallest absolute Gasteiger partial charge is 0.265 e. The number of carbonyl (C=O) groups is 3. The van der Waals surface area contributed by atoms with Gasteiger partial charge in [-0.25, -0.2) is 0 Å². The minimum atomic E-state index is -0.558. The Balaban J connectivity index is 1.88. The number of likely N-dealkylation sites (N-methyl/N-ethyl adjacent to an activating group) is 1. The topological polar surface area (TPSA) is 79.6 Å². The Kier molecular flexibility index (Phi) is 4.33. The number of furan rings is 1. The molecule has 0 radical (unpaired) electrons. The summed E-state index contributed by atoms with van der Waals surface area (Å²) in [7, 11) is 1.49. The molecule has 1 N–H and O–H groups in total. The number of hydrogen-bond donors (Lipinski definition) is 1. The van der Waals surface area contributed by atoms with Gasteiger partial charge in [-0.15, -0.1) is 0 Å². The quantitative estimate of drug-likeness (QED) is 0.396. The largest absolute Gasteiger partial charge is 0.457 e. The predicted molar refractivity (Wildman–Crippen MR) is 95.6 cm³/mol. The van der Waals surface area contributed by atoms with Gasteiger partial charge in [0.2, 0.25) is 0 Å². The Morgan fingerprint density at radius 3 is 2.48 bits per heavy atom. The molecule has 0 saturated carbocycles. The summed E-state index contributed by atoms with van der Waals surface area (Å²) in [5.74, 6) is -0.130. The second kappa shape index (κ2) is 6.45. The molecule has 0 spiro atoms. The van der Waals surface area contributed by atoms with E-state index >= 15 is 0 Å². The maximum Gasteiger partial charge on any atom is 0.265 e. The van der Waals surface area contributed by atoms with E-state index in [1.807, 2.05) is 0 Å². The van der Waals surface area contributed by atoms with E-state index in [1.54, 1.807) is 36.4 Å². The molecule has 25 heavy (non-hydrogen) atoms. The van der Waals surface area contributed by atoms with Crippen molar-refractivity contribution in [2.75, 3.05) is 7.05 Å². The molecule has 6 nitrogen and oxygen atoms in total. The van der Waals surface area contributed by atoms with Crippen molar-refractivity contribution in [2.45, 2.75) is 6.92 Å². The molecule has 0 unspecified atom stereocenters. The van der Waals surface area contributed by atoms with Crippen LogP contribution in [0.3, 0.4) is 0 Å². The van der Waals surface area contributed by atoms with Crippen LogP contribution < -0.4 is 5.32 Å². The molecule has 1 saturated heterocycles. The molecule has 2 heterocycles. The predicted octanol–water partition coefficient (Wildman–Crippen LogP) is 2.41. The highest BCUT2D eigenvalue weighted by atomic mass is 32.1. The van der Waals surface area contributed by atoms with Crippen molar-refractivity contribution in [3.05, 3.63) is 53.3 Å². The van der Waals surface area contributed by atoms with Crippen LogP contribution in [0.4, 0.5) is 0 Å². The van der Waals surface area contributed by atoms with Crippen molar-refractivity contribution in [1.29, 1.82) is 0 Å². The Morgan fingerprint density at radius 2 is 1.84 bits per heavy atom. The number of ketones is 1. The highest BCUT2D eigenvalue weighted by Gasteiger charge is 2.31. The van der Waals surface area contributed by atoms with E-state index in [-0.39, 0.29) is 16.5 Å². The molecule has 0 bridgehead atoms. The molecule has 1 aliphatic heterocycles. The molecule has 1 aliphatic rings. The summed E-state index contributed by atoms with van der Waals surface area (Å²) in [6.07, 6.45) is 1.38. The number of thiocarbonyl (C=S) groups is 1. The summed E-state index contributed by atoms with van der Waals surface area (Å²) in [4.78, 5) is 36.6. The van der Waals surface area contributed by atoms with E-state index in [2.05, 4.69) is 5.32 Å². The highest BCUT2D eigenvalue weighted by molar-refractivity contribution is 7.80. The van der Waals surface area contributed by atoms with Crippen LogP contribution in [0.1, 0.15) is 23.0 Å². The Morgan fingerprint density at radius 1 is 1.16 bits per heavy atom. The Hall–Kier alpha value is -3.06. The van der Waals surface area contributed by atoms with Crippen LogP contribution in [0.5, 0.6) is 0 Å². The van der Waals surface area contributed by atoms with Gasteiger partial charge in [-0.3, -0.25) is 24.6 Å². The summed E-state index contributed by atoms with van der Waals surface area (Å²) in [6.45, 7) is 1.50. The number of Topliss-reactive ketones (excluding diaryl/α,β-unsaturated/α-hetero) is 1. The number of carbonyl (C=O) groups excluding carboxylic acids is 3. The minimum Gasteiger partial charge on any atom is -0.457 e. The van der Waals surface area contributed by atoms with Gasteiger partial charge in [-0.1, -0.05) is 24.3 Å². The lowest BCUT2D eigenvalue weighted by atomic mass is 10.1. The van der Waals surface area contributed by atoms with E-state index in [4.69, 9.17) is 16.6 Å². The zero-order valence-corrected chi connectivity index (χ0v) is 14.3. The molecule has 1 aromatic heterocycles. The lowest BCUT2D eigenvalue weighted by Crippen LogP contribution is -2.52. The van der Waals surface area contributed by atoms with Gasteiger partial charge in [0.1, 0.15) is 17.1 Å². The highest BCUT2D eigenvalue weighted by Crippen LogP contribution is 2.24. The lowest BCUT2D eigenvalue weighted by molar-refractivity contribution is -0.128. The van der Waals surface area contributed by atoms with Gasteiger partial charge in [0.25, 0.3) is 11.8 Å². The van der Waals surface area contributed by atoms with Gasteiger partial charge >= 0.3 is 0 Å². The van der Waals surface area contributed by atoms with E-state index in [9.17, 15) is 14.4 Å². The van der Waals surface area contributed by atoms with Crippen molar-refractivity contribution in [3.8, 4) is 11.3 Å². The first-order chi connectivity index (χ1) is 11.9. The zero-order valence-electron chi connectivity index (χ0n) is 13.5. The van der Waals surface area contributed by atoms with Crippen molar-refractivity contribution >= 4 is 41.0 Å². The Labute approximate surface area is 149 Å². The van der Waals surface area contributed by atoms with Gasteiger partial charge in [0, 0.05) is 18.2 Å². The molecule has 0 atom stereocenters. The number of nitrogens with zero attached hydrogens (tertiary/aromatic N) is 1. The van der Waals surface area contributed by atoms with Gasteiger partial charge < -0.3 is 4.42 Å². The summed E-state index contributed by atoms with van der Waals surface area (Å²) in [5, 5.41) is 2.51. The maximum atomic E-state index is 12.2. The van der Waals surface area contributed by atoms with Crippen molar-refractivity contribution in [1.82, 2.24) is 10.2 Å². The number of rotatable bonds is 3. The van der Waals surface area contributed by atoms with E-state index < -0.39 is 11.8 Å². The summed E-state index contributed by atoms with van der Waals surface area (Å²) in [6, 6.07) is 10.4. The summed E-state index contributed by atoms with van der Waals surface area (Å²) < 4.78 is 5.69. The molecule has 2 aromatic rings. The number of hydrogen-bond acceptors (Lipinski definition) is 5. The van der Waals surface area contributed by atoms with Gasteiger partial charge in [0.15, 0.2) is 10.9 Å². The summed E-state index contributed by atoms with van der Waals surface area (Å²) >= 11 is 4.90. The average Bonchev–Trinajstić information content (AvgIpc) is 3.05. The molecule has 2 amide bonds. The molecule has 1 aromatic carbocycles. The van der Waals surface area contributed by atoms with E-state index in [1.165, 1.54) is 24.9 Å². The molecule has 1 fully saturated rings. The molecular weight excluding hydrogens is 340 g/mol. The zero-order chi connectivity index (χ0) is 18.1. The first-order valence-corrected chi connectivity index (χ1v) is 7.84. The van der Waals surface area contributed by atoms with Crippen LogP contribution in [0, 0.1) is 0 Å².